The van der Waals surface area contributed by atoms with Crippen LogP contribution in [-0.4, -0.2) is 32.1 Å². The third-order valence-electron chi connectivity index (χ3n) is 7.01. The zero-order chi connectivity index (χ0) is 26.0. The maximum Gasteiger partial charge on any atom is 0.337 e. The number of nitrogens with one attached hydrogen (secondary N) is 1. The fraction of sp³-hybridized carbons (Fsp3) is 0.379. The van der Waals surface area contributed by atoms with E-state index in [2.05, 4.69) is 5.32 Å². The summed E-state index contributed by atoms with van der Waals surface area (Å²) in [6, 6.07) is 11.7. The summed E-state index contributed by atoms with van der Waals surface area (Å²) in [6.07, 6.45) is 1.27. The minimum absolute atomic E-state index is 0.0563. The van der Waals surface area contributed by atoms with Crippen LogP contribution in [0.2, 0.25) is 0 Å². The molecular weight excluding hydrogens is 461 g/mol. The molecule has 2 aromatic carbocycles. The van der Waals surface area contributed by atoms with E-state index in [1.165, 1.54) is 12.1 Å². The molecule has 0 fully saturated rings. The van der Waals surface area contributed by atoms with Crippen molar-refractivity contribution in [1.29, 1.82) is 0 Å². The van der Waals surface area contributed by atoms with Gasteiger partial charge in [-0.1, -0.05) is 25.1 Å². The van der Waals surface area contributed by atoms with Gasteiger partial charge in [-0.3, -0.25) is 4.79 Å². The van der Waals surface area contributed by atoms with Crippen molar-refractivity contribution in [2.24, 2.45) is 0 Å². The highest BCUT2D eigenvalue weighted by Crippen LogP contribution is 2.46. The van der Waals surface area contributed by atoms with Crippen LogP contribution in [0.25, 0.3) is 0 Å². The Kier molecular flexibility index (Phi) is 7.48. The van der Waals surface area contributed by atoms with Gasteiger partial charge in [0.05, 0.1) is 25.9 Å². The highest BCUT2D eigenvalue weighted by Gasteiger charge is 2.41. The van der Waals surface area contributed by atoms with Crippen LogP contribution >= 0.6 is 0 Å². The number of hydrogen-bond donors (Lipinski definition) is 1. The van der Waals surface area contributed by atoms with Crippen LogP contribution in [0.3, 0.4) is 0 Å². The van der Waals surface area contributed by atoms with Crippen LogP contribution in [-0.2, 0) is 14.3 Å². The summed E-state index contributed by atoms with van der Waals surface area (Å²) in [4.78, 5) is 27.0. The van der Waals surface area contributed by atoms with Gasteiger partial charge in [0, 0.05) is 29.3 Å². The molecule has 1 N–H and O–H groups in total. The van der Waals surface area contributed by atoms with Crippen molar-refractivity contribution in [3.8, 4) is 11.5 Å². The first-order valence-corrected chi connectivity index (χ1v) is 12.2. The summed E-state index contributed by atoms with van der Waals surface area (Å²) in [5, 5.41) is 3.34. The molecule has 3 unspecified atom stereocenters. The first-order chi connectivity index (χ1) is 17.3. The van der Waals surface area contributed by atoms with Gasteiger partial charge in [-0.2, -0.15) is 0 Å². The van der Waals surface area contributed by atoms with E-state index in [4.69, 9.17) is 14.2 Å². The third kappa shape index (κ3) is 4.87. The van der Waals surface area contributed by atoms with Gasteiger partial charge < -0.3 is 19.5 Å². The van der Waals surface area contributed by atoms with Gasteiger partial charge in [0.1, 0.15) is 5.82 Å². The molecule has 3 atom stereocenters. The Labute approximate surface area is 211 Å². The Bertz CT molecular complexity index is 1230. The lowest BCUT2D eigenvalue weighted by Gasteiger charge is -2.37. The number of esters is 1. The van der Waals surface area contributed by atoms with Gasteiger partial charge in [0.2, 0.25) is 0 Å². The lowest BCUT2D eigenvalue weighted by Crippen LogP contribution is -2.36. The molecule has 0 saturated heterocycles. The number of Topliss-reactive ketones (excluding diaryl/α,β-unsaturated/α-hetero) is 1. The third-order valence-corrected chi connectivity index (χ3v) is 7.01. The molecule has 0 saturated carbocycles. The number of carbonyl (C=O) groups is 2. The van der Waals surface area contributed by atoms with Gasteiger partial charge in [0.15, 0.2) is 17.3 Å². The van der Waals surface area contributed by atoms with Crippen LogP contribution in [0.4, 0.5) is 4.39 Å². The summed E-state index contributed by atoms with van der Waals surface area (Å²) in [7, 11) is 3.16. The Morgan fingerprint density at radius 3 is 2.36 bits per heavy atom. The maximum absolute atomic E-state index is 13.8. The molecule has 2 aromatic rings. The van der Waals surface area contributed by atoms with Crippen LogP contribution in [0.15, 0.2) is 65.0 Å². The van der Waals surface area contributed by atoms with Crippen LogP contribution in [0.1, 0.15) is 63.0 Å². The lowest BCUT2D eigenvalue weighted by atomic mass is 9.71. The van der Waals surface area contributed by atoms with Crippen molar-refractivity contribution < 1.29 is 28.2 Å². The predicted molar refractivity (Wildman–Crippen MR) is 134 cm³/mol. The van der Waals surface area contributed by atoms with E-state index in [-0.39, 0.29) is 30.0 Å². The van der Waals surface area contributed by atoms with Crippen LogP contribution in [0, 0.1) is 5.82 Å². The second-order valence-corrected chi connectivity index (χ2v) is 9.31. The van der Waals surface area contributed by atoms with E-state index >= 15 is 0 Å². The highest BCUT2D eigenvalue weighted by molar-refractivity contribution is 6.04. The van der Waals surface area contributed by atoms with E-state index in [1.54, 1.807) is 26.4 Å². The normalized spacial score (nSPS) is 20.4. The average molecular weight is 494 g/mol. The van der Waals surface area contributed by atoms with Gasteiger partial charge >= 0.3 is 5.97 Å². The number of methoxy groups -OCH3 is 2. The highest BCUT2D eigenvalue weighted by atomic mass is 19.1. The van der Waals surface area contributed by atoms with E-state index in [0.717, 1.165) is 11.3 Å². The van der Waals surface area contributed by atoms with Crippen molar-refractivity contribution >= 4 is 11.8 Å². The molecule has 1 aliphatic carbocycles. The number of ether oxygens (including phenoxy) is 3. The fourth-order valence-electron chi connectivity index (χ4n) is 4.97. The van der Waals surface area contributed by atoms with E-state index in [1.807, 2.05) is 39.0 Å². The first kappa shape index (κ1) is 25.5. The molecule has 7 heteroatoms. The minimum atomic E-state index is -0.628. The molecule has 0 spiro atoms. The van der Waals surface area contributed by atoms with Crippen molar-refractivity contribution in [2.45, 2.75) is 58.0 Å². The van der Waals surface area contributed by atoms with Crippen molar-refractivity contribution in [2.75, 3.05) is 14.2 Å². The molecule has 190 valence electrons. The SMILES string of the molecule is CCC(C)OC(=O)C1=C(C)NC2=C(C(=O)CC(c3ccc(OC)c(OC)c3)C2)C1c1ccc(F)cc1. The summed E-state index contributed by atoms with van der Waals surface area (Å²) in [6.45, 7) is 5.59. The van der Waals surface area contributed by atoms with Crippen LogP contribution < -0.4 is 14.8 Å². The van der Waals surface area contributed by atoms with Gasteiger partial charge in [-0.25, -0.2) is 9.18 Å². The summed E-state index contributed by atoms with van der Waals surface area (Å²) >= 11 is 0. The van der Waals surface area contributed by atoms with E-state index in [9.17, 15) is 14.0 Å². The maximum atomic E-state index is 13.8. The molecule has 0 bridgehead atoms. The van der Waals surface area contributed by atoms with Gasteiger partial charge in [-0.05, 0) is 68.0 Å². The Morgan fingerprint density at radius 2 is 1.72 bits per heavy atom. The molecule has 1 heterocycles. The number of hydrogen-bond acceptors (Lipinski definition) is 6. The number of carbonyl (C=O) groups excluding carboxylic acids is 2. The number of dihydropyridines is 1. The Hall–Kier alpha value is -3.61. The summed E-state index contributed by atoms with van der Waals surface area (Å²) in [5.41, 5.74) is 3.99. The second kappa shape index (κ2) is 10.6. The standard InChI is InChI=1S/C29H32FNO5/c1-6-16(2)36-29(33)26-17(3)31-22-13-20(19-9-12-24(34-4)25(15-19)35-5)14-23(32)28(22)27(26)18-7-10-21(30)11-8-18/h7-12,15-16,20,27,31H,6,13-14H2,1-5H3. The van der Waals surface area contributed by atoms with Crippen molar-refractivity contribution in [3.63, 3.8) is 0 Å². The van der Waals surface area contributed by atoms with Crippen molar-refractivity contribution in [1.82, 2.24) is 5.32 Å². The van der Waals surface area contributed by atoms with E-state index in [0.29, 0.717) is 46.7 Å². The largest absolute Gasteiger partial charge is 0.493 e. The summed E-state index contributed by atoms with van der Waals surface area (Å²) < 4.78 is 30.2. The van der Waals surface area contributed by atoms with Gasteiger partial charge in [-0.15, -0.1) is 0 Å². The first-order valence-electron chi connectivity index (χ1n) is 12.2. The van der Waals surface area contributed by atoms with Crippen LogP contribution in [0.5, 0.6) is 11.5 Å². The monoisotopic (exact) mass is 493 g/mol. The molecule has 0 amide bonds. The van der Waals surface area contributed by atoms with Crippen molar-refractivity contribution in [3.05, 3.63) is 81.9 Å². The number of allylic oxidation sites excluding steroid dienone is 3. The molecular formula is C29H32FNO5. The number of rotatable bonds is 7. The number of benzene rings is 2. The topological polar surface area (TPSA) is 73.9 Å². The molecule has 36 heavy (non-hydrogen) atoms. The average Bonchev–Trinajstić information content (AvgIpc) is 2.87. The molecule has 0 aromatic heterocycles. The number of ketones is 1. The van der Waals surface area contributed by atoms with E-state index < -0.39 is 11.9 Å². The Balaban J connectivity index is 1.76. The zero-order valence-corrected chi connectivity index (χ0v) is 21.3. The Morgan fingerprint density at radius 1 is 1.06 bits per heavy atom. The second-order valence-electron chi connectivity index (χ2n) is 9.31. The molecule has 6 nitrogen and oxygen atoms in total. The lowest BCUT2D eigenvalue weighted by molar-refractivity contribution is -0.144. The molecule has 0 radical (unpaired) electrons. The zero-order valence-electron chi connectivity index (χ0n) is 21.3. The molecule has 2 aliphatic rings. The molecule has 4 rings (SSSR count). The smallest absolute Gasteiger partial charge is 0.337 e. The predicted octanol–water partition coefficient (Wildman–Crippen LogP) is 5.55. The minimum Gasteiger partial charge on any atom is -0.493 e. The molecule has 1 aliphatic heterocycles. The van der Waals surface area contributed by atoms with Gasteiger partial charge in [0.25, 0.3) is 0 Å². The fourth-order valence-corrected chi connectivity index (χ4v) is 4.97. The summed E-state index contributed by atoms with van der Waals surface area (Å²) in [5.74, 6) is -0.372. The quantitative estimate of drug-likeness (QED) is 0.510. The number of halogens is 1.